The summed E-state index contributed by atoms with van der Waals surface area (Å²) in [6.07, 6.45) is 1.62. The molecule has 0 saturated heterocycles. The highest BCUT2D eigenvalue weighted by Gasteiger charge is 1.97. The van der Waals surface area contributed by atoms with Crippen LogP contribution in [0.4, 0.5) is 0 Å². The lowest BCUT2D eigenvalue weighted by Crippen LogP contribution is -1.71. The van der Waals surface area contributed by atoms with Crippen molar-refractivity contribution in [2.45, 2.75) is 6.92 Å². The van der Waals surface area contributed by atoms with E-state index in [1.54, 1.807) is 6.33 Å². The van der Waals surface area contributed by atoms with Crippen LogP contribution in [0, 0.1) is 6.92 Å². The molecule has 0 aliphatic rings. The summed E-state index contributed by atoms with van der Waals surface area (Å²) in [5.41, 5.74) is 1.65. The van der Waals surface area contributed by atoms with E-state index in [2.05, 4.69) is 19.9 Å². The Morgan fingerprint density at radius 3 is 3.22 bits per heavy atom. The molecular weight excluding hydrogens is 116 g/mol. The number of hydrogen-bond donors (Lipinski definition) is 2. The van der Waals surface area contributed by atoms with E-state index in [-0.39, 0.29) is 0 Å². The zero-order valence-corrected chi connectivity index (χ0v) is 4.97. The molecule has 0 spiro atoms. The third kappa shape index (κ3) is 0.526. The van der Waals surface area contributed by atoms with Gasteiger partial charge in [0.2, 0.25) is 0 Å². The van der Waals surface area contributed by atoms with Crippen molar-refractivity contribution in [2.75, 3.05) is 0 Å². The van der Waals surface area contributed by atoms with Gasteiger partial charge in [0.25, 0.3) is 0 Å². The van der Waals surface area contributed by atoms with Crippen LogP contribution in [0.15, 0.2) is 6.33 Å². The van der Waals surface area contributed by atoms with Crippen LogP contribution in [0.3, 0.4) is 0 Å². The number of hydrogen-bond acceptors (Lipinski definition) is 2. The van der Waals surface area contributed by atoms with E-state index >= 15 is 0 Å². The van der Waals surface area contributed by atoms with E-state index in [1.165, 1.54) is 0 Å². The van der Waals surface area contributed by atoms with Gasteiger partial charge in [-0.3, -0.25) is 0 Å². The number of aromatic nitrogens is 4. The maximum atomic E-state index is 4.08. The molecule has 0 aliphatic heterocycles. The molecule has 0 atom stereocenters. The minimum absolute atomic E-state index is 0.757. The Balaban J connectivity index is 2.92. The average molecular weight is 122 g/mol. The zero-order chi connectivity index (χ0) is 6.27. The van der Waals surface area contributed by atoms with Crippen LogP contribution < -0.4 is 0 Å². The molecule has 2 N–H and O–H groups in total. The van der Waals surface area contributed by atoms with Crippen LogP contribution in [0.5, 0.6) is 0 Å². The predicted molar refractivity (Wildman–Crippen MR) is 33.0 cm³/mol. The molecule has 0 bridgehead atoms. The molecule has 0 unspecified atom stereocenters. The van der Waals surface area contributed by atoms with Crippen molar-refractivity contribution in [1.29, 1.82) is 0 Å². The van der Waals surface area contributed by atoms with Crippen molar-refractivity contribution in [3.05, 3.63) is 12.2 Å². The number of H-pyrrole nitrogens is 2. The maximum Gasteiger partial charge on any atom is 0.196 e. The predicted octanol–water partition coefficient (Wildman–Crippen LogP) is 0.594. The van der Waals surface area contributed by atoms with Crippen LogP contribution in [0.2, 0.25) is 0 Å². The van der Waals surface area contributed by atoms with Gasteiger partial charge in [-0.05, 0) is 6.92 Å². The van der Waals surface area contributed by atoms with Crippen LogP contribution in [-0.4, -0.2) is 19.9 Å². The molecule has 0 fully saturated rings. The summed E-state index contributed by atoms with van der Waals surface area (Å²) < 4.78 is 0. The lowest BCUT2D eigenvalue weighted by Gasteiger charge is -1.73. The normalized spacial score (nSPS) is 10.8. The molecule has 4 nitrogen and oxygen atoms in total. The fourth-order valence-corrected chi connectivity index (χ4v) is 0.832. The summed E-state index contributed by atoms with van der Waals surface area (Å²) >= 11 is 0. The third-order valence-electron chi connectivity index (χ3n) is 1.20. The Morgan fingerprint density at radius 2 is 2.44 bits per heavy atom. The first kappa shape index (κ1) is 4.55. The highest BCUT2D eigenvalue weighted by atomic mass is 15.1. The van der Waals surface area contributed by atoms with E-state index in [4.69, 9.17) is 0 Å². The first-order chi connectivity index (χ1) is 4.36. The second kappa shape index (κ2) is 1.34. The maximum absolute atomic E-state index is 4.08. The van der Waals surface area contributed by atoms with Gasteiger partial charge in [0.1, 0.15) is 5.82 Å². The Hall–Kier alpha value is -1.32. The number of fused-ring (bicyclic) bond motifs is 1. The Morgan fingerprint density at radius 1 is 1.56 bits per heavy atom. The van der Waals surface area contributed by atoms with Gasteiger partial charge < -0.3 is 9.97 Å². The number of nitrogens with one attached hydrogen (secondary N) is 2. The molecule has 2 aromatic rings. The van der Waals surface area contributed by atoms with Gasteiger partial charge in [-0.2, -0.15) is 0 Å². The topological polar surface area (TPSA) is 57.4 Å². The van der Waals surface area contributed by atoms with E-state index in [1.807, 2.05) is 6.92 Å². The first-order valence-electron chi connectivity index (χ1n) is 2.72. The third-order valence-corrected chi connectivity index (χ3v) is 1.20. The average Bonchev–Trinajstić information content (AvgIpc) is 2.22. The zero-order valence-electron chi connectivity index (χ0n) is 4.97. The number of rotatable bonds is 0. The lowest BCUT2D eigenvalue weighted by molar-refractivity contribution is 1.13. The fraction of sp³-hybridized carbons (Fsp3) is 0.200. The van der Waals surface area contributed by atoms with E-state index < -0.39 is 0 Å². The molecule has 0 aliphatic carbocycles. The first-order valence-corrected chi connectivity index (χ1v) is 2.72. The van der Waals surface area contributed by atoms with E-state index in [0.29, 0.717) is 0 Å². The van der Waals surface area contributed by atoms with Crippen molar-refractivity contribution >= 4 is 11.3 Å². The van der Waals surface area contributed by atoms with Crippen LogP contribution in [0.1, 0.15) is 5.82 Å². The van der Waals surface area contributed by atoms with Gasteiger partial charge in [-0.1, -0.05) is 0 Å². The Labute approximate surface area is 51.3 Å². The van der Waals surface area contributed by atoms with Gasteiger partial charge in [-0.15, -0.1) is 0 Å². The molecule has 9 heavy (non-hydrogen) atoms. The monoisotopic (exact) mass is 122 g/mol. The van der Waals surface area contributed by atoms with Gasteiger partial charge in [0, 0.05) is 0 Å². The molecule has 2 heterocycles. The lowest BCUT2D eigenvalue weighted by atomic mass is 10.8. The minimum Gasteiger partial charge on any atom is -0.329 e. The van der Waals surface area contributed by atoms with Gasteiger partial charge in [0.15, 0.2) is 11.3 Å². The van der Waals surface area contributed by atoms with Crippen molar-refractivity contribution < 1.29 is 0 Å². The highest BCUT2D eigenvalue weighted by molar-refractivity contribution is 5.64. The molecule has 2 aromatic heterocycles. The van der Waals surface area contributed by atoms with Crippen LogP contribution in [-0.2, 0) is 0 Å². The summed E-state index contributed by atoms with van der Waals surface area (Å²) in [6.45, 7) is 1.90. The molecule has 2 rings (SSSR count). The summed E-state index contributed by atoms with van der Waals surface area (Å²) in [6, 6.07) is 0. The standard InChI is InChI=1S/C5H6N4/c1-3-8-4-5(9-3)7-2-6-4/h2H,1H3,(H,6,7)(H,8,9). The van der Waals surface area contributed by atoms with Gasteiger partial charge in [0.05, 0.1) is 6.33 Å². The smallest absolute Gasteiger partial charge is 0.196 e. The fourth-order valence-electron chi connectivity index (χ4n) is 0.832. The van der Waals surface area contributed by atoms with Crippen molar-refractivity contribution in [3.63, 3.8) is 0 Å². The number of aryl methyl sites for hydroxylation is 1. The second-order valence-electron chi connectivity index (χ2n) is 1.92. The van der Waals surface area contributed by atoms with Crippen molar-refractivity contribution in [3.8, 4) is 0 Å². The summed E-state index contributed by atoms with van der Waals surface area (Å²) in [4.78, 5) is 13.9. The SMILES string of the molecule is Cc1nc2nc[nH]c2[nH]1. The Kier molecular flexibility index (Phi) is 0.677. The van der Waals surface area contributed by atoms with Gasteiger partial charge >= 0.3 is 0 Å². The quantitative estimate of drug-likeness (QED) is 0.537. The minimum atomic E-state index is 0.757. The summed E-state index contributed by atoms with van der Waals surface area (Å²) in [5.74, 6) is 0.893. The summed E-state index contributed by atoms with van der Waals surface area (Å²) in [7, 11) is 0. The summed E-state index contributed by atoms with van der Waals surface area (Å²) in [5, 5.41) is 0. The number of aromatic amines is 2. The number of imidazole rings is 2. The van der Waals surface area contributed by atoms with E-state index in [0.717, 1.165) is 17.1 Å². The molecule has 0 amide bonds. The van der Waals surface area contributed by atoms with Crippen molar-refractivity contribution in [1.82, 2.24) is 19.9 Å². The Bertz CT molecular complexity index is 290. The van der Waals surface area contributed by atoms with Gasteiger partial charge in [-0.25, -0.2) is 9.97 Å². The van der Waals surface area contributed by atoms with Crippen LogP contribution >= 0.6 is 0 Å². The molecular formula is C5H6N4. The van der Waals surface area contributed by atoms with Crippen LogP contribution in [0.25, 0.3) is 11.3 Å². The number of nitrogens with zero attached hydrogens (tertiary/aromatic N) is 2. The molecule has 0 aromatic carbocycles. The highest BCUT2D eigenvalue weighted by Crippen LogP contribution is 2.02. The molecule has 0 saturated carbocycles. The van der Waals surface area contributed by atoms with Crippen molar-refractivity contribution in [2.24, 2.45) is 0 Å². The largest absolute Gasteiger partial charge is 0.329 e. The second-order valence-corrected chi connectivity index (χ2v) is 1.92. The van der Waals surface area contributed by atoms with E-state index in [9.17, 15) is 0 Å². The molecule has 46 valence electrons. The molecule has 4 heteroatoms. The molecule has 0 radical (unpaired) electrons.